The molecule has 2 rings (SSSR count). The van der Waals surface area contributed by atoms with Crippen LogP contribution >= 0.6 is 0 Å². The third kappa shape index (κ3) is 1.47. The molecule has 2 saturated heterocycles. The molecule has 0 aliphatic carbocycles. The van der Waals surface area contributed by atoms with Crippen LogP contribution in [-0.4, -0.2) is 42.3 Å². The lowest BCUT2D eigenvalue weighted by molar-refractivity contribution is 0.0274. The highest BCUT2D eigenvalue weighted by Gasteiger charge is 2.48. The fraction of sp³-hybridized carbons (Fsp3) is 1.00. The second-order valence-electron chi connectivity index (χ2n) is 5.30. The smallest absolute Gasteiger partial charge is 0.0651 e. The Kier molecular flexibility index (Phi) is 2.58. The quantitative estimate of drug-likeness (QED) is 0.719. The van der Waals surface area contributed by atoms with E-state index in [0.717, 1.165) is 19.8 Å². The summed E-state index contributed by atoms with van der Waals surface area (Å²) < 4.78 is 5.57. The first-order chi connectivity index (χ1) is 6.61. The Morgan fingerprint density at radius 2 is 2.21 bits per heavy atom. The van der Waals surface area contributed by atoms with Crippen LogP contribution in [0.25, 0.3) is 0 Å². The summed E-state index contributed by atoms with van der Waals surface area (Å²) in [5.74, 6) is 0. The Morgan fingerprint density at radius 1 is 1.43 bits per heavy atom. The minimum Gasteiger partial charge on any atom is -0.379 e. The normalized spacial score (nSPS) is 34.5. The van der Waals surface area contributed by atoms with Gasteiger partial charge in [-0.25, -0.2) is 0 Å². The van der Waals surface area contributed by atoms with Crippen molar-refractivity contribution in [3.8, 4) is 0 Å². The van der Waals surface area contributed by atoms with E-state index in [2.05, 4.69) is 18.7 Å². The molecule has 0 radical (unpaired) electrons. The lowest BCUT2D eigenvalue weighted by Gasteiger charge is -2.44. The molecule has 2 N–H and O–H groups in total. The number of likely N-dealkylation sites (tertiary alicyclic amines) is 1. The molecule has 0 aromatic heterocycles. The van der Waals surface area contributed by atoms with Gasteiger partial charge >= 0.3 is 0 Å². The Bertz CT molecular complexity index is 204. The topological polar surface area (TPSA) is 38.5 Å². The molecular weight excluding hydrogens is 176 g/mol. The molecule has 0 aromatic rings. The predicted octanol–water partition coefficient (Wildman–Crippen LogP) is 0.979. The highest BCUT2D eigenvalue weighted by Crippen LogP contribution is 2.40. The van der Waals surface area contributed by atoms with Gasteiger partial charge < -0.3 is 10.5 Å². The van der Waals surface area contributed by atoms with Crippen molar-refractivity contribution >= 4 is 0 Å². The molecule has 2 aliphatic heterocycles. The fourth-order valence-corrected chi connectivity index (χ4v) is 3.00. The van der Waals surface area contributed by atoms with Crippen LogP contribution in [0.5, 0.6) is 0 Å². The number of nitrogens with zero attached hydrogens (tertiary/aromatic N) is 1. The number of hydrogen-bond donors (Lipinski definition) is 1. The highest BCUT2D eigenvalue weighted by atomic mass is 16.5. The van der Waals surface area contributed by atoms with Crippen LogP contribution in [0, 0.1) is 0 Å². The Balaban J connectivity index is 2.18. The minimum absolute atomic E-state index is 0.129. The van der Waals surface area contributed by atoms with Gasteiger partial charge in [-0.2, -0.15) is 0 Å². The van der Waals surface area contributed by atoms with Crippen LogP contribution in [0.2, 0.25) is 0 Å². The third-order valence-electron chi connectivity index (χ3n) is 3.91. The Morgan fingerprint density at radius 3 is 2.79 bits per heavy atom. The van der Waals surface area contributed by atoms with Crippen molar-refractivity contribution in [3.63, 3.8) is 0 Å². The summed E-state index contributed by atoms with van der Waals surface area (Å²) in [6, 6.07) is 0. The maximum Gasteiger partial charge on any atom is 0.0651 e. The molecular formula is C11H22N2O. The van der Waals surface area contributed by atoms with Crippen LogP contribution in [0.4, 0.5) is 0 Å². The number of hydrogen-bond acceptors (Lipinski definition) is 3. The van der Waals surface area contributed by atoms with E-state index >= 15 is 0 Å². The van der Waals surface area contributed by atoms with E-state index in [1.807, 2.05) is 0 Å². The van der Waals surface area contributed by atoms with Crippen LogP contribution in [-0.2, 0) is 4.74 Å². The number of rotatable bonds is 2. The molecule has 0 bridgehead atoms. The van der Waals surface area contributed by atoms with Crippen molar-refractivity contribution in [1.29, 1.82) is 0 Å². The average molecular weight is 198 g/mol. The summed E-state index contributed by atoms with van der Waals surface area (Å²) >= 11 is 0. The molecule has 0 aromatic carbocycles. The van der Waals surface area contributed by atoms with Crippen molar-refractivity contribution in [2.45, 2.75) is 44.2 Å². The van der Waals surface area contributed by atoms with Gasteiger partial charge in [-0.15, -0.1) is 0 Å². The van der Waals surface area contributed by atoms with Gasteiger partial charge in [0.2, 0.25) is 0 Å². The van der Waals surface area contributed by atoms with Crippen LogP contribution in [0.3, 0.4) is 0 Å². The average Bonchev–Trinajstić information content (AvgIpc) is 2.77. The van der Waals surface area contributed by atoms with Gasteiger partial charge in [0, 0.05) is 24.2 Å². The molecule has 2 fully saturated rings. The first-order valence-corrected chi connectivity index (χ1v) is 5.66. The summed E-state index contributed by atoms with van der Waals surface area (Å²) in [6.45, 7) is 8.26. The molecule has 1 spiro atoms. The Hall–Kier alpha value is -0.120. The number of ether oxygens (including phenoxy) is 1. The summed E-state index contributed by atoms with van der Waals surface area (Å²) in [4.78, 5) is 2.59. The van der Waals surface area contributed by atoms with Gasteiger partial charge in [-0.05, 0) is 39.7 Å². The molecule has 0 amide bonds. The van der Waals surface area contributed by atoms with E-state index in [9.17, 15) is 0 Å². The van der Waals surface area contributed by atoms with E-state index < -0.39 is 0 Å². The number of nitrogens with two attached hydrogens (primary N) is 1. The molecule has 1 unspecified atom stereocenters. The largest absolute Gasteiger partial charge is 0.379 e. The zero-order chi connectivity index (χ0) is 10.2. The first kappa shape index (κ1) is 10.4. The van der Waals surface area contributed by atoms with Crippen molar-refractivity contribution in [2.75, 3.05) is 26.3 Å². The van der Waals surface area contributed by atoms with Crippen LogP contribution in [0.15, 0.2) is 0 Å². The van der Waals surface area contributed by atoms with Crippen molar-refractivity contribution in [2.24, 2.45) is 5.73 Å². The van der Waals surface area contributed by atoms with E-state index in [-0.39, 0.29) is 5.54 Å². The molecule has 3 nitrogen and oxygen atoms in total. The third-order valence-corrected chi connectivity index (χ3v) is 3.91. The molecule has 14 heavy (non-hydrogen) atoms. The maximum absolute atomic E-state index is 5.85. The van der Waals surface area contributed by atoms with Gasteiger partial charge in [-0.3, -0.25) is 4.90 Å². The van der Waals surface area contributed by atoms with Crippen molar-refractivity contribution in [3.05, 3.63) is 0 Å². The van der Waals surface area contributed by atoms with Gasteiger partial charge in [-0.1, -0.05) is 0 Å². The molecule has 2 aliphatic rings. The van der Waals surface area contributed by atoms with Crippen LogP contribution in [0.1, 0.15) is 33.1 Å². The summed E-state index contributed by atoms with van der Waals surface area (Å²) in [5.41, 5.74) is 6.31. The minimum atomic E-state index is 0.129. The predicted molar refractivity (Wildman–Crippen MR) is 57.2 cm³/mol. The highest BCUT2D eigenvalue weighted by molar-refractivity contribution is 5.04. The summed E-state index contributed by atoms with van der Waals surface area (Å²) in [7, 11) is 0. The maximum atomic E-state index is 5.85. The van der Waals surface area contributed by atoms with Crippen LogP contribution < -0.4 is 5.73 Å². The second kappa shape index (κ2) is 3.47. The molecule has 1 atom stereocenters. The summed E-state index contributed by atoms with van der Waals surface area (Å²) in [5, 5.41) is 0. The van der Waals surface area contributed by atoms with E-state index in [0.29, 0.717) is 5.54 Å². The van der Waals surface area contributed by atoms with Crippen molar-refractivity contribution in [1.82, 2.24) is 4.90 Å². The lowest BCUT2D eigenvalue weighted by Crippen LogP contribution is -2.58. The summed E-state index contributed by atoms with van der Waals surface area (Å²) in [6.07, 6.45) is 3.78. The SMILES string of the molecule is CC(C)(CN)N1CCCC12CCOC2. The van der Waals surface area contributed by atoms with E-state index in [1.165, 1.54) is 25.8 Å². The fourth-order valence-electron chi connectivity index (χ4n) is 3.00. The van der Waals surface area contributed by atoms with Gasteiger partial charge in [0.1, 0.15) is 0 Å². The van der Waals surface area contributed by atoms with E-state index in [4.69, 9.17) is 10.5 Å². The van der Waals surface area contributed by atoms with Gasteiger partial charge in [0.15, 0.2) is 0 Å². The zero-order valence-electron chi connectivity index (χ0n) is 9.38. The molecule has 0 saturated carbocycles. The Labute approximate surface area is 86.6 Å². The lowest BCUT2D eigenvalue weighted by atomic mass is 9.90. The molecule has 2 heterocycles. The van der Waals surface area contributed by atoms with E-state index in [1.54, 1.807) is 0 Å². The second-order valence-corrected chi connectivity index (χ2v) is 5.30. The van der Waals surface area contributed by atoms with Gasteiger partial charge in [0.05, 0.1) is 6.61 Å². The first-order valence-electron chi connectivity index (χ1n) is 5.66. The zero-order valence-corrected chi connectivity index (χ0v) is 9.38. The monoisotopic (exact) mass is 198 g/mol. The molecule has 82 valence electrons. The van der Waals surface area contributed by atoms with Crippen molar-refractivity contribution < 1.29 is 4.74 Å². The van der Waals surface area contributed by atoms with Gasteiger partial charge in [0.25, 0.3) is 0 Å². The molecule has 3 heteroatoms. The standard InChI is InChI=1S/C11H22N2O/c1-10(2,8-12)13-6-3-4-11(13)5-7-14-9-11/h3-9,12H2,1-2H3.